The van der Waals surface area contributed by atoms with Crippen molar-refractivity contribution in [3.63, 3.8) is 0 Å². The van der Waals surface area contributed by atoms with Crippen molar-refractivity contribution in [1.29, 1.82) is 0 Å². The van der Waals surface area contributed by atoms with E-state index in [1.54, 1.807) is 35.7 Å². The first-order valence-corrected chi connectivity index (χ1v) is 12.1. The molecule has 0 spiro atoms. The fourth-order valence-corrected chi connectivity index (χ4v) is 5.23. The van der Waals surface area contributed by atoms with Crippen LogP contribution in [0.5, 0.6) is 0 Å². The van der Waals surface area contributed by atoms with Gasteiger partial charge in [-0.15, -0.1) is 11.3 Å². The molecule has 0 radical (unpaired) electrons. The number of sulfonamides is 1. The number of hydrogen-bond acceptors (Lipinski definition) is 6. The molecule has 4 aromatic rings. The smallest absolute Gasteiger partial charge is 0.258 e. The zero-order valence-corrected chi connectivity index (χ0v) is 18.8. The van der Waals surface area contributed by atoms with Crippen LogP contribution in [0.1, 0.15) is 27.9 Å². The lowest BCUT2D eigenvalue weighted by Crippen LogP contribution is -2.31. The van der Waals surface area contributed by atoms with E-state index in [1.165, 1.54) is 17.1 Å². The third-order valence-corrected chi connectivity index (χ3v) is 7.43. The third-order valence-electron chi connectivity index (χ3n) is 4.92. The molecule has 6 nitrogen and oxygen atoms in total. The first-order valence-electron chi connectivity index (χ1n) is 9.80. The van der Waals surface area contributed by atoms with Gasteiger partial charge in [-0.05, 0) is 50.1 Å². The second-order valence-corrected chi connectivity index (χ2v) is 10.0. The number of rotatable bonds is 7. The van der Waals surface area contributed by atoms with Crippen LogP contribution >= 0.6 is 11.3 Å². The van der Waals surface area contributed by atoms with Gasteiger partial charge in [0.1, 0.15) is 5.01 Å². The molecule has 3 heterocycles. The van der Waals surface area contributed by atoms with Crippen LogP contribution in [-0.2, 0) is 16.4 Å². The summed E-state index contributed by atoms with van der Waals surface area (Å²) < 4.78 is 28.5. The minimum absolute atomic E-state index is 0.0132. The van der Waals surface area contributed by atoms with Crippen LogP contribution in [0.15, 0.2) is 78.1 Å². The summed E-state index contributed by atoms with van der Waals surface area (Å²) in [5, 5.41) is 0.972. The van der Waals surface area contributed by atoms with Crippen molar-refractivity contribution in [2.75, 3.05) is 0 Å². The van der Waals surface area contributed by atoms with Gasteiger partial charge in [-0.25, -0.2) is 23.1 Å². The van der Waals surface area contributed by atoms with Crippen LogP contribution in [0.2, 0.25) is 0 Å². The van der Waals surface area contributed by atoms with Crippen molar-refractivity contribution < 1.29 is 8.42 Å². The molecule has 3 aromatic heterocycles. The molecule has 0 saturated carbocycles. The summed E-state index contributed by atoms with van der Waals surface area (Å²) in [5.41, 5.74) is 3.74. The Labute approximate surface area is 186 Å². The van der Waals surface area contributed by atoms with Gasteiger partial charge in [0.2, 0.25) is 0 Å². The quantitative estimate of drug-likeness (QED) is 0.449. The number of benzene rings is 1. The predicted octanol–water partition coefficient (Wildman–Crippen LogP) is 4.48. The van der Waals surface area contributed by atoms with Crippen LogP contribution in [0.25, 0.3) is 10.6 Å². The molecular formula is C23H22N4O2S2. The number of nitrogens with zero attached hydrogens (tertiary/aromatic N) is 3. The van der Waals surface area contributed by atoms with Gasteiger partial charge in [-0.3, -0.25) is 4.98 Å². The molecule has 1 atom stereocenters. The molecule has 0 aliphatic carbocycles. The van der Waals surface area contributed by atoms with Crippen molar-refractivity contribution in [1.82, 2.24) is 19.7 Å². The fraction of sp³-hybridized carbons (Fsp3) is 0.174. The fourth-order valence-electron chi connectivity index (χ4n) is 3.16. The summed E-state index contributed by atoms with van der Waals surface area (Å²) in [6.07, 6.45) is 3.58. The van der Waals surface area contributed by atoms with Gasteiger partial charge in [0.25, 0.3) is 10.0 Å². The number of aromatic nitrogens is 3. The number of aryl methyl sites for hydroxylation is 2. The van der Waals surface area contributed by atoms with Crippen LogP contribution < -0.4 is 4.72 Å². The summed E-state index contributed by atoms with van der Waals surface area (Å²) in [7, 11) is -3.79. The monoisotopic (exact) mass is 450 g/mol. The molecule has 31 heavy (non-hydrogen) atoms. The number of nitrogens with one attached hydrogen (secondary N) is 1. The zero-order valence-electron chi connectivity index (χ0n) is 17.2. The summed E-state index contributed by atoms with van der Waals surface area (Å²) in [6.45, 7) is 4.07. The number of pyridine rings is 2. The van der Waals surface area contributed by atoms with E-state index in [0.29, 0.717) is 12.1 Å². The second kappa shape index (κ2) is 9.05. The Morgan fingerprint density at radius 3 is 2.23 bits per heavy atom. The highest BCUT2D eigenvalue weighted by Crippen LogP contribution is 2.28. The second-order valence-electron chi connectivity index (χ2n) is 7.16. The molecule has 1 N–H and O–H groups in total. The van der Waals surface area contributed by atoms with Crippen molar-refractivity contribution in [3.05, 3.63) is 94.9 Å². The molecule has 0 aliphatic heterocycles. The van der Waals surface area contributed by atoms with E-state index in [1.807, 2.05) is 43.3 Å². The lowest BCUT2D eigenvalue weighted by atomic mass is 10.0. The van der Waals surface area contributed by atoms with Crippen molar-refractivity contribution in [2.45, 2.75) is 31.3 Å². The molecule has 8 heteroatoms. The average Bonchev–Trinajstić information content (AvgIpc) is 3.13. The lowest BCUT2D eigenvalue weighted by molar-refractivity contribution is 0.546. The molecular weight excluding hydrogens is 428 g/mol. The van der Waals surface area contributed by atoms with Crippen LogP contribution in [0.3, 0.4) is 0 Å². The Bertz CT molecular complexity index is 1240. The molecule has 0 amide bonds. The molecule has 0 bridgehead atoms. The molecule has 1 aromatic carbocycles. The minimum Gasteiger partial charge on any atom is -0.260 e. The first-order chi connectivity index (χ1) is 14.9. The number of thiazole rings is 1. The summed E-state index contributed by atoms with van der Waals surface area (Å²) >= 11 is 1.67. The van der Waals surface area contributed by atoms with E-state index in [2.05, 4.69) is 26.6 Å². The lowest BCUT2D eigenvalue weighted by Gasteiger charge is -2.18. The first kappa shape index (κ1) is 21.3. The predicted molar refractivity (Wildman–Crippen MR) is 122 cm³/mol. The van der Waals surface area contributed by atoms with Gasteiger partial charge in [-0.2, -0.15) is 0 Å². The molecule has 0 aliphatic rings. The summed E-state index contributed by atoms with van der Waals surface area (Å²) in [4.78, 5) is 14.2. The maximum Gasteiger partial charge on any atom is 0.258 e. The summed E-state index contributed by atoms with van der Waals surface area (Å²) in [5.74, 6) is 0. The van der Waals surface area contributed by atoms with Gasteiger partial charge in [0.15, 0.2) is 5.03 Å². The standard InChI is InChI=1S/C23H22N4O2S2/c1-16-17(2)30-23(26-16)19-11-9-18(10-12-19)15-21(20-7-3-5-13-24-20)27-31(28,29)22-8-4-6-14-25-22/h3-14,21,27H,15H2,1-2H3. The summed E-state index contributed by atoms with van der Waals surface area (Å²) in [6, 6.07) is 17.8. The van der Waals surface area contributed by atoms with E-state index in [9.17, 15) is 8.42 Å². The van der Waals surface area contributed by atoms with Gasteiger partial charge in [-0.1, -0.05) is 36.4 Å². The maximum atomic E-state index is 12.9. The Kier molecular flexibility index (Phi) is 6.22. The highest BCUT2D eigenvalue weighted by Gasteiger charge is 2.23. The zero-order chi connectivity index (χ0) is 21.8. The van der Waals surface area contributed by atoms with Gasteiger partial charge in [0, 0.05) is 22.8 Å². The highest BCUT2D eigenvalue weighted by molar-refractivity contribution is 7.89. The van der Waals surface area contributed by atoms with E-state index < -0.39 is 16.1 Å². The van der Waals surface area contributed by atoms with E-state index in [4.69, 9.17) is 0 Å². The molecule has 158 valence electrons. The van der Waals surface area contributed by atoms with Crippen molar-refractivity contribution in [2.24, 2.45) is 0 Å². The Morgan fingerprint density at radius 2 is 1.65 bits per heavy atom. The Morgan fingerprint density at radius 1 is 0.935 bits per heavy atom. The van der Waals surface area contributed by atoms with Gasteiger partial charge >= 0.3 is 0 Å². The van der Waals surface area contributed by atoms with Crippen molar-refractivity contribution in [3.8, 4) is 10.6 Å². The molecule has 4 rings (SSSR count). The van der Waals surface area contributed by atoms with Crippen LogP contribution in [0.4, 0.5) is 0 Å². The van der Waals surface area contributed by atoms with E-state index >= 15 is 0 Å². The largest absolute Gasteiger partial charge is 0.260 e. The molecule has 0 fully saturated rings. The maximum absolute atomic E-state index is 12.9. The van der Waals surface area contributed by atoms with E-state index in [-0.39, 0.29) is 5.03 Å². The van der Waals surface area contributed by atoms with Crippen LogP contribution in [0, 0.1) is 13.8 Å². The van der Waals surface area contributed by atoms with Crippen LogP contribution in [-0.4, -0.2) is 23.4 Å². The Balaban J connectivity index is 1.59. The molecule has 1 unspecified atom stereocenters. The average molecular weight is 451 g/mol. The van der Waals surface area contributed by atoms with Gasteiger partial charge < -0.3 is 0 Å². The van der Waals surface area contributed by atoms with E-state index in [0.717, 1.165) is 21.8 Å². The highest BCUT2D eigenvalue weighted by atomic mass is 32.2. The van der Waals surface area contributed by atoms with Gasteiger partial charge in [0.05, 0.1) is 17.4 Å². The normalized spacial score (nSPS) is 12.6. The minimum atomic E-state index is -3.79. The van der Waals surface area contributed by atoms with Crippen molar-refractivity contribution >= 4 is 21.4 Å². The molecule has 0 saturated heterocycles. The SMILES string of the molecule is Cc1nc(-c2ccc(CC(NS(=O)(=O)c3ccccn3)c3ccccn3)cc2)sc1C. The topological polar surface area (TPSA) is 84.8 Å². The number of hydrogen-bond donors (Lipinski definition) is 1. The third kappa shape index (κ3) is 5.04. The Hall–Kier alpha value is -2.94.